The van der Waals surface area contributed by atoms with Crippen LogP contribution in [0.25, 0.3) is 16.7 Å². The topological polar surface area (TPSA) is 154 Å². The number of hydrogen-bond donors (Lipinski definition) is 2. The summed E-state index contributed by atoms with van der Waals surface area (Å²) in [7, 11) is -3.02. The van der Waals surface area contributed by atoms with Gasteiger partial charge in [-0.3, -0.25) is 14.9 Å². The van der Waals surface area contributed by atoms with Crippen molar-refractivity contribution in [3.8, 4) is 11.6 Å². The van der Waals surface area contributed by atoms with E-state index in [9.17, 15) is 18.0 Å². The van der Waals surface area contributed by atoms with E-state index in [2.05, 4.69) is 20.5 Å². The molecule has 1 saturated heterocycles. The normalized spacial score (nSPS) is 19.8. The minimum Gasteiger partial charge on any atom is -0.493 e. The van der Waals surface area contributed by atoms with Crippen LogP contribution < -0.4 is 15.4 Å². The Bertz CT molecular complexity index is 1760. The Balaban J connectivity index is 1.07. The first-order valence-electron chi connectivity index (χ1n) is 18.6. The number of nitrogens with one attached hydrogen (secondary N) is 2. The quantitative estimate of drug-likeness (QED) is 0.161. The minimum atomic E-state index is -3.02. The molecule has 0 radical (unpaired) electrons. The predicted octanol–water partition coefficient (Wildman–Crippen LogP) is 4.92. The SMILES string of the molecule is CC(C)[C@@H](NCC(=O)OC(C)(C)C)C(=O)OC1CCN(C2CCC(Nc3nccc(-n4ccc5c(OCCCS(C)(=O)=O)cccc54)n3)CC2)CC1. The monoisotopic (exact) mass is 740 g/mol. The van der Waals surface area contributed by atoms with E-state index >= 15 is 0 Å². The van der Waals surface area contributed by atoms with E-state index in [0.717, 1.165) is 68.3 Å². The van der Waals surface area contributed by atoms with Gasteiger partial charge in [0.2, 0.25) is 5.95 Å². The van der Waals surface area contributed by atoms with E-state index in [1.807, 2.05) is 75.7 Å². The fraction of sp³-hybridized carbons (Fsp3) is 0.632. The van der Waals surface area contributed by atoms with Crippen molar-refractivity contribution in [2.45, 2.75) is 109 Å². The van der Waals surface area contributed by atoms with Gasteiger partial charge < -0.3 is 29.0 Å². The van der Waals surface area contributed by atoms with Crippen molar-refractivity contribution in [1.29, 1.82) is 0 Å². The Morgan fingerprint density at radius 2 is 1.75 bits per heavy atom. The molecule has 1 aromatic carbocycles. The molecule has 14 heteroatoms. The van der Waals surface area contributed by atoms with E-state index in [1.54, 1.807) is 6.20 Å². The molecule has 0 spiro atoms. The van der Waals surface area contributed by atoms with Gasteiger partial charge in [-0.2, -0.15) is 4.98 Å². The Kier molecular flexibility index (Phi) is 13.2. The summed E-state index contributed by atoms with van der Waals surface area (Å²) in [6.07, 6.45) is 11.0. The summed E-state index contributed by atoms with van der Waals surface area (Å²) in [5.41, 5.74) is 0.366. The van der Waals surface area contributed by atoms with Crippen molar-refractivity contribution in [3.05, 3.63) is 42.7 Å². The summed E-state index contributed by atoms with van der Waals surface area (Å²) in [6, 6.07) is 9.90. The molecule has 0 bridgehead atoms. The number of piperidine rings is 1. The fourth-order valence-corrected chi connectivity index (χ4v) is 7.69. The van der Waals surface area contributed by atoms with Crippen LogP contribution in [0.15, 0.2) is 42.7 Å². The molecule has 0 amide bonds. The first-order valence-corrected chi connectivity index (χ1v) is 20.6. The number of ether oxygens (including phenoxy) is 3. The highest BCUT2D eigenvalue weighted by molar-refractivity contribution is 7.90. The molecule has 2 fully saturated rings. The molecular formula is C38H56N6O7S. The Morgan fingerprint density at radius 1 is 1.02 bits per heavy atom. The highest BCUT2D eigenvalue weighted by Gasteiger charge is 2.33. The highest BCUT2D eigenvalue weighted by Crippen LogP contribution is 2.30. The van der Waals surface area contributed by atoms with Gasteiger partial charge in [0.1, 0.15) is 39.2 Å². The average Bonchev–Trinajstić information content (AvgIpc) is 3.51. The summed E-state index contributed by atoms with van der Waals surface area (Å²) in [6.45, 7) is 11.4. The van der Waals surface area contributed by atoms with Gasteiger partial charge in [0.15, 0.2) is 0 Å². The molecule has 286 valence electrons. The molecule has 52 heavy (non-hydrogen) atoms. The molecule has 2 N–H and O–H groups in total. The second kappa shape index (κ2) is 17.4. The van der Waals surface area contributed by atoms with Gasteiger partial charge in [0, 0.05) is 49.2 Å². The Hall–Kier alpha value is -3.75. The second-order valence-electron chi connectivity index (χ2n) is 15.5. The minimum absolute atomic E-state index is 0.0263. The van der Waals surface area contributed by atoms with Crippen LogP contribution >= 0.6 is 0 Å². The molecule has 13 nitrogen and oxygen atoms in total. The first-order chi connectivity index (χ1) is 24.6. The number of fused-ring (bicyclic) bond motifs is 1. The third kappa shape index (κ3) is 11.4. The summed E-state index contributed by atoms with van der Waals surface area (Å²) < 4.78 is 42.2. The number of aromatic nitrogens is 3. The molecule has 5 rings (SSSR count). The molecule has 3 aromatic rings. The lowest BCUT2D eigenvalue weighted by Gasteiger charge is -2.41. The summed E-state index contributed by atoms with van der Waals surface area (Å²) in [5, 5.41) is 7.55. The van der Waals surface area contributed by atoms with Crippen molar-refractivity contribution < 1.29 is 32.2 Å². The Morgan fingerprint density at radius 3 is 2.42 bits per heavy atom. The molecule has 1 aliphatic heterocycles. The number of anilines is 1. The van der Waals surface area contributed by atoms with Gasteiger partial charge in [0.05, 0.1) is 24.4 Å². The molecule has 2 aromatic heterocycles. The van der Waals surface area contributed by atoms with Crippen LogP contribution in [0.5, 0.6) is 5.75 Å². The number of nitrogens with zero attached hydrogens (tertiary/aromatic N) is 4. The zero-order valence-electron chi connectivity index (χ0n) is 31.5. The maximum absolute atomic E-state index is 13.1. The van der Waals surface area contributed by atoms with Crippen LogP contribution in [0.1, 0.15) is 79.6 Å². The van der Waals surface area contributed by atoms with Gasteiger partial charge in [-0.1, -0.05) is 19.9 Å². The smallest absolute Gasteiger partial charge is 0.323 e. The molecule has 1 aliphatic carbocycles. The van der Waals surface area contributed by atoms with Crippen LogP contribution in [0.2, 0.25) is 0 Å². The maximum atomic E-state index is 13.1. The van der Waals surface area contributed by atoms with Crippen LogP contribution in [-0.2, 0) is 28.9 Å². The number of benzene rings is 1. The third-order valence-corrected chi connectivity index (χ3v) is 10.6. The van der Waals surface area contributed by atoms with Crippen molar-refractivity contribution in [2.75, 3.05) is 43.6 Å². The number of esters is 2. The zero-order valence-corrected chi connectivity index (χ0v) is 32.3. The number of carbonyl (C=O) groups is 2. The molecule has 1 saturated carbocycles. The highest BCUT2D eigenvalue weighted by atomic mass is 32.2. The third-order valence-electron chi connectivity index (χ3n) is 9.61. The van der Waals surface area contributed by atoms with E-state index in [0.29, 0.717) is 30.8 Å². The van der Waals surface area contributed by atoms with Gasteiger partial charge in [-0.25, -0.2) is 13.4 Å². The van der Waals surface area contributed by atoms with E-state index < -0.39 is 21.5 Å². The lowest BCUT2D eigenvalue weighted by atomic mass is 9.89. The summed E-state index contributed by atoms with van der Waals surface area (Å²) >= 11 is 0. The van der Waals surface area contributed by atoms with Gasteiger partial charge in [0.25, 0.3) is 0 Å². The van der Waals surface area contributed by atoms with Crippen LogP contribution in [0.3, 0.4) is 0 Å². The molecule has 0 unspecified atom stereocenters. The molecular weight excluding hydrogens is 685 g/mol. The van der Waals surface area contributed by atoms with Gasteiger partial charge in [-0.15, -0.1) is 0 Å². The summed E-state index contributed by atoms with van der Waals surface area (Å²) in [4.78, 5) is 37.1. The number of hydrogen-bond acceptors (Lipinski definition) is 12. The number of sulfone groups is 1. The van der Waals surface area contributed by atoms with E-state index in [-0.39, 0.29) is 42.3 Å². The van der Waals surface area contributed by atoms with Crippen molar-refractivity contribution in [1.82, 2.24) is 24.8 Å². The molecule has 3 heterocycles. The average molecular weight is 741 g/mol. The first kappa shape index (κ1) is 39.5. The van der Waals surface area contributed by atoms with Crippen molar-refractivity contribution >= 4 is 38.6 Å². The largest absolute Gasteiger partial charge is 0.493 e. The fourth-order valence-electron chi connectivity index (χ4n) is 7.05. The van der Waals surface area contributed by atoms with Crippen LogP contribution in [0, 0.1) is 5.92 Å². The predicted molar refractivity (Wildman–Crippen MR) is 202 cm³/mol. The van der Waals surface area contributed by atoms with Crippen molar-refractivity contribution in [3.63, 3.8) is 0 Å². The lowest BCUT2D eigenvalue weighted by Crippen LogP contribution is -2.49. The van der Waals surface area contributed by atoms with Crippen LogP contribution in [-0.4, -0.2) is 108 Å². The van der Waals surface area contributed by atoms with E-state index in [1.165, 1.54) is 6.26 Å². The lowest BCUT2D eigenvalue weighted by molar-refractivity contribution is -0.157. The van der Waals surface area contributed by atoms with Gasteiger partial charge >= 0.3 is 11.9 Å². The second-order valence-corrected chi connectivity index (χ2v) is 17.7. The van der Waals surface area contributed by atoms with Crippen molar-refractivity contribution in [2.24, 2.45) is 5.92 Å². The standard InChI is InChI=1S/C38H56N6O7S/c1-26(2)35(40-25-34(45)51-38(3,4)5)36(46)50-29-16-20-43(21-17-29)28-13-11-27(12-14-28)41-37-39-19-15-33(42-37)44-22-18-30-31(44)9-7-10-32(30)49-23-8-24-52(6,47)48/h7,9-10,15,18-19,22,26-29,35,40H,8,11-14,16-17,20-21,23-25H2,1-6H3,(H,39,41,42)/t27?,28?,35-/m1/s1. The summed E-state index contributed by atoms with van der Waals surface area (Å²) in [5.74, 6) is 1.43. The molecule has 2 aliphatic rings. The Labute approximate surface area is 308 Å². The van der Waals surface area contributed by atoms with E-state index in [4.69, 9.17) is 19.2 Å². The zero-order chi connectivity index (χ0) is 37.5. The number of rotatable bonds is 15. The molecule has 1 atom stereocenters. The maximum Gasteiger partial charge on any atom is 0.323 e. The number of likely N-dealkylation sites (tertiary alicyclic amines) is 1. The van der Waals surface area contributed by atoms with Gasteiger partial charge in [-0.05, 0) is 95.9 Å². The van der Waals surface area contributed by atoms with Crippen LogP contribution in [0.4, 0.5) is 5.95 Å². The number of carbonyl (C=O) groups excluding carboxylic acids is 2.